The maximum Gasteiger partial charge on any atom is 0.163 e. The number of benzene rings is 1. The van der Waals surface area contributed by atoms with Crippen LogP contribution in [-0.2, 0) is 0 Å². The van der Waals surface area contributed by atoms with Gasteiger partial charge in [0.05, 0.1) is 5.71 Å². The Balaban J connectivity index is 1.34. The third-order valence-corrected chi connectivity index (χ3v) is 9.46. The summed E-state index contributed by atoms with van der Waals surface area (Å²) in [7, 11) is 4.25. The third-order valence-electron chi connectivity index (χ3n) is 8.02. The third kappa shape index (κ3) is 6.29. The molecule has 0 aliphatic carbocycles. The number of thiophene rings is 1. The summed E-state index contributed by atoms with van der Waals surface area (Å²) in [6, 6.07) is 7.51. The van der Waals surface area contributed by atoms with Gasteiger partial charge in [-0.25, -0.2) is 0 Å². The van der Waals surface area contributed by atoms with E-state index in [0.717, 1.165) is 79.1 Å². The number of hydrogen-bond acceptors (Lipinski definition) is 8. The number of likely N-dealkylation sites (N-methyl/N-ethyl adjacent to an activating group) is 1. The van der Waals surface area contributed by atoms with Gasteiger partial charge in [-0.2, -0.15) is 0 Å². The highest BCUT2D eigenvalue weighted by Crippen LogP contribution is 2.39. The number of rotatable bonds is 9. The zero-order valence-electron chi connectivity index (χ0n) is 23.6. The molecular weight excluding hydrogens is 530 g/mol. The molecule has 0 spiro atoms. The molecular formula is C29H40ClN7OS. The van der Waals surface area contributed by atoms with Crippen LogP contribution in [0.2, 0.25) is 5.02 Å². The van der Waals surface area contributed by atoms with Crippen molar-refractivity contribution in [1.29, 1.82) is 0 Å². The van der Waals surface area contributed by atoms with E-state index < -0.39 is 6.23 Å². The number of hydrogen-bond donors (Lipinski definition) is 2. The van der Waals surface area contributed by atoms with Gasteiger partial charge in [0.15, 0.2) is 5.82 Å². The van der Waals surface area contributed by atoms with Crippen LogP contribution in [0.25, 0.3) is 5.00 Å². The summed E-state index contributed by atoms with van der Waals surface area (Å²) in [4.78, 5) is 11.3. The summed E-state index contributed by atoms with van der Waals surface area (Å²) in [5, 5.41) is 25.3. The number of piperidine rings is 1. The molecule has 2 aromatic heterocycles. The van der Waals surface area contributed by atoms with Crippen molar-refractivity contribution in [3.8, 4) is 5.00 Å². The minimum absolute atomic E-state index is 0.341. The molecule has 1 unspecified atom stereocenters. The molecule has 1 fully saturated rings. The first-order valence-electron chi connectivity index (χ1n) is 13.9. The van der Waals surface area contributed by atoms with Crippen molar-refractivity contribution in [3.63, 3.8) is 0 Å². The SMILES string of the molecule is Cc1sc2c(c1C)C(c1ccc(Cl)cc1)=N[C@@H](CC(O)NCC1CCN(CCN(C)C)CC1)c1nnc(C)n1-2. The Morgan fingerprint density at radius 1 is 1.13 bits per heavy atom. The summed E-state index contributed by atoms with van der Waals surface area (Å²) in [6.07, 6.45) is 2.04. The zero-order valence-corrected chi connectivity index (χ0v) is 25.2. The molecule has 210 valence electrons. The monoisotopic (exact) mass is 569 g/mol. The summed E-state index contributed by atoms with van der Waals surface area (Å²) in [5.74, 6) is 2.17. The van der Waals surface area contributed by atoms with Crippen LogP contribution in [-0.4, -0.2) is 88.4 Å². The first-order valence-corrected chi connectivity index (χ1v) is 15.1. The quantitative estimate of drug-likeness (QED) is 0.372. The minimum atomic E-state index is -0.693. The van der Waals surface area contributed by atoms with E-state index in [1.807, 2.05) is 31.2 Å². The second-order valence-electron chi connectivity index (χ2n) is 11.2. The van der Waals surface area contributed by atoms with Gasteiger partial charge >= 0.3 is 0 Å². The Bertz CT molecular complexity index is 1310. The van der Waals surface area contributed by atoms with E-state index in [4.69, 9.17) is 16.6 Å². The molecule has 8 nitrogen and oxygen atoms in total. The number of aromatic nitrogens is 3. The van der Waals surface area contributed by atoms with Crippen LogP contribution in [0.15, 0.2) is 29.3 Å². The van der Waals surface area contributed by atoms with Crippen LogP contribution in [0.1, 0.15) is 58.5 Å². The highest BCUT2D eigenvalue weighted by atomic mass is 35.5. The zero-order chi connectivity index (χ0) is 27.7. The number of aliphatic imine (C=N–C) groups is 1. The number of nitrogens with one attached hydrogen (secondary N) is 1. The van der Waals surface area contributed by atoms with Crippen molar-refractivity contribution in [2.45, 2.75) is 52.3 Å². The van der Waals surface area contributed by atoms with Crippen LogP contribution in [0.4, 0.5) is 0 Å². The van der Waals surface area contributed by atoms with E-state index in [-0.39, 0.29) is 6.04 Å². The van der Waals surface area contributed by atoms with E-state index in [1.165, 1.54) is 10.4 Å². The second-order valence-corrected chi connectivity index (χ2v) is 12.8. The molecule has 4 heterocycles. The lowest BCUT2D eigenvalue weighted by Gasteiger charge is -2.33. The largest absolute Gasteiger partial charge is 0.379 e. The predicted octanol–water partition coefficient (Wildman–Crippen LogP) is 4.37. The molecule has 2 atom stereocenters. The van der Waals surface area contributed by atoms with Crippen LogP contribution < -0.4 is 5.32 Å². The summed E-state index contributed by atoms with van der Waals surface area (Å²) in [6.45, 7) is 11.5. The molecule has 3 aromatic rings. The number of likely N-dealkylation sites (tertiary alicyclic amines) is 1. The van der Waals surface area contributed by atoms with Gasteiger partial charge in [-0.15, -0.1) is 21.5 Å². The normalized spacial score (nSPS) is 19.1. The van der Waals surface area contributed by atoms with E-state index in [1.54, 1.807) is 11.3 Å². The molecule has 0 bridgehead atoms. The van der Waals surface area contributed by atoms with Gasteiger partial charge in [0, 0.05) is 47.1 Å². The highest BCUT2D eigenvalue weighted by molar-refractivity contribution is 7.15. The second kappa shape index (κ2) is 12.2. The van der Waals surface area contributed by atoms with Gasteiger partial charge < -0.3 is 14.9 Å². The molecule has 0 saturated carbocycles. The van der Waals surface area contributed by atoms with Gasteiger partial charge in [0.2, 0.25) is 0 Å². The van der Waals surface area contributed by atoms with Crippen molar-refractivity contribution in [1.82, 2.24) is 29.9 Å². The fourth-order valence-corrected chi connectivity index (χ4v) is 6.85. The fraction of sp³-hybridized carbons (Fsp3) is 0.552. The number of nitrogens with zero attached hydrogens (tertiary/aromatic N) is 6. The number of aliphatic hydroxyl groups excluding tert-OH is 1. The Morgan fingerprint density at radius 2 is 1.85 bits per heavy atom. The number of halogens is 1. The number of fused-ring (bicyclic) bond motifs is 3. The van der Waals surface area contributed by atoms with Crippen LogP contribution >= 0.6 is 22.9 Å². The average Bonchev–Trinajstić information content (AvgIpc) is 3.39. The van der Waals surface area contributed by atoms with Crippen molar-refractivity contribution in [2.24, 2.45) is 10.9 Å². The van der Waals surface area contributed by atoms with E-state index in [0.29, 0.717) is 17.4 Å². The van der Waals surface area contributed by atoms with Gasteiger partial charge in [0.25, 0.3) is 0 Å². The lowest BCUT2D eigenvalue weighted by molar-refractivity contribution is 0.102. The van der Waals surface area contributed by atoms with Crippen LogP contribution in [0.5, 0.6) is 0 Å². The standard InChI is InChI=1S/C29H40ClN7OS/c1-18-19(2)39-29-26(18)27(22-6-8-23(30)9-7-22)32-24(28-34-33-20(3)37(28)29)16-25(38)31-17-21-10-12-36(13-11-21)15-14-35(4)5/h6-9,21,24-25,31,38H,10-17H2,1-5H3/t24-,25?/m0/s1. The summed E-state index contributed by atoms with van der Waals surface area (Å²) < 4.78 is 2.13. The van der Waals surface area contributed by atoms with Gasteiger partial charge in [0.1, 0.15) is 23.1 Å². The smallest absolute Gasteiger partial charge is 0.163 e. The molecule has 2 N–H and O–H groups in total. The van der Waals surface area contributed by atoms with Crippen molar-refractivity contribution in [3.05, 3.63) is 62.5 Å². The molecule has 1 saturated heterocycles. The first-order chi connectivity index (χ1) is 18.7. The molecule has 5 rings (SSSR count). The molecule has 10 heteroatoms. The van der Waals surface area contributed by atoms with Gasteiger partial charge in [-0.1, -0.05) is 23.7 Å². The average molecular weight is 570 g/mol. The molecule has 1 aromatic carbocycles. The minimum Gasteiger partial charge on any atom is -0.379 e. The fourth-order valence-electron chi connectivity index (χ4n) is 5.51. The molecule has 0 amide bonds. The summed E-state index contributed by atoms with van der Waals surface area (Å²) in [5.41, 5.74) is 4.23. The predicted molar refractivity (Wildman–Crippen MR) is 160 cm³/mol. The molecule has 39 heavy (non-hydrogen) atoms. The maximum absolute atomic E-state index is 11.1. The van der Waals surface area contributed by atoms with Crippen molar-refractivity contribution >= 4 is 28.6 Å². The van der Waals surface area contributed by atoms with E-state index >= 15 is 0 Å². The maximum atomic E-state index is 11.1. The van der Waals surface area contributed by atoms with Crippen molar-refractivity contribution < 1.29 is 5.11 Å². The van der Waals surface area contributed by atoms with Crippen LogP contribution in [0, 0.1) is 26.7 Å². The summed E-state index contributed by atoms with van der Waals surface area (Å²) >= 11 is 7.96. The van der Waals surface area contributed by atoms with Crippen LogP contribution in [0.3, 0.4) is 0 Å². The topological polar surface area (TPSA) is 81.8 Å². The Morgan fingerprint density at radius 3 is 2.54 bits per heavy atom. The Kier molecular flexibility index (Phi) is 8.85. The Hall–Kier alpha value is -2.14. The highest BCUT2D eigenvalue weighted by Gasteiger charge is 2.32. The molecule has 2 aliphatic rings. The lowest BCUT2D eigenvalue weighted by Crippen LogP contribution is -2.42. The number of aliphatic hydroxyl groups is 1. The van der Waals surface area contributed by atoms with E-state index in [2.05, 4.69) is 57.8 Å². The Labute approximate surface area is 240 Å². The van der Waals surface area contributed by atoms with E-state index in [9.17, 15) is 5.11 Å². The number of aryl methyl sites for hydroxylation is 2. The van der Waals surface area contributed by atoms with Gasteiger partial charge in [-0.05, 0) is 84.4 Å². The molecule has 0 radical (unpaired) electrons. The first kappa shape index (κ1) is 28.4. The van der Waals surface area contributed by atoms with Gasteiger partial charge in [-0.3, -0.25) is 14.9 Å². The lowest BCUT2D eigenvalue weighted by atomic mass is 9.96. The molecule has 2 aliphatic heterocycles. The van der Waals surface area contributed by atoms with Crippen molar-refractivity contribution in [2.75, 3.05) is 46.8 Å².